The smallest absolute Gasteiger partial charge is 0.122 e. The summed E-state index contributed by atoms with van der Waals surface area (Å²) in [5.74, 6) is 1.72. The van der Waals surface area contributed by atoms with Crippen molar-refractivity contribution in [1.82, 2.24) is 9.97 Å². The SMILES string of the molecule is COc1cc(C)c(-c2nc(CCO)[nH]c2C)cc1C. The topological polar surface area (TPSA) is 58.1 Å². The van der Waals surface area contributed by atoms with E-state index in [9.17, 15) is 0 Å². The molecule has 19 heavy (non-hydrogen) atoms. The Labute approximate surface area is 113 Å². The van der Waals surface area contributed by atoms with Crippen LogP contribution in [-0.2, 0) is 6.42 Å². The van der Waals surface area contributed by atoms with E-state index in [0.717, 1.165) is 39.7 Å². The van der Waals surface area contributed by atoms with Gasteiger partial charge in [-0.2, -0.15) is 0 Å². The first-order chi connectivity index (χ1) is 9.06. The summed E-state index contributed by atoms with van der Waals surface area (Å²) in [5, 5.41) is 8.98. The van der Waals surface area contributed by atoms with Crippen LogP contribution in [-0.4, -0.2) is 28.8 Å². The van der Waals surface area contributed by atoms with Crippen molar-refractivity contribution in [1.29, 1.82) is 0 Å². The third kappa shape index (κ3) is 2.63. The lowest BCUT2D eigenvalue weighted by atomic mass is 10.0. The number of nitrogens with one attached hydrogen (secondary N) is 1. The second-order valence-electron chi connectivity index (χ2n) is 4.77. The highest BCUT2D eigenvalue weighted by Crippen LogP contribution is 2.30. The molecule has 2 N–H and O–H groups in total. The Kier molecular flexibility index (Phi) is 3.90. The maximum atomic E-state index is 8.98. The van der Waals surface area contributed by atoms with Gasteiger partial charge in [0.15, 0.2) is 0 Å². The van der Waals surface area contributed by atoms with Gasteiger partial charge in [-0.25, -0.2) is 4.98 Å². The molecule has 0 bridgehead atoms. The zero-order valence-electron chi connectivity index (χ0n) is 11.9. The molecule has 0 atom stereocenters. The molecule has 4 heteroatoms. The summed E-state index contributed by atoms with van der Waals surface area (Å²) >= 11 is 0. The Balaban J connectivity index is 2.49. The number of aliphatic hydroxyl groups is 1. The number of hydrogen-bond acceptors (Lipinski definition) is 3. The Morgan fingerprint density at radius 2 is 1.95 bits per heavy atom. The largest absolute Gasteiger partial charge is 0.496 e. The standard InChI is InChI=1S/C15H20N2O2/c1-9-8-13(19-4)10(2)7-12(9)15-11(3)16-14(17-15)5-6-18/h7-8,18H,5-6H2,1-4H3,(H,16,17). The van der Waals surface area contributed by atoms with E-state index in [4.69, 9.17) is 9.84 Å². The predicted molar refractivity (Wildman–Crippen MR) is 75.6 cm³/mol. The number of hydrogen-bond donors (Lipinski definition) is 2. The quantitative estimate of drug-likeness (QED) is 0.888. The maximum Gasteiger partial charge on any atom is 0.122 e. The summed E-state index contributed by atoms with van der Waals surface area (Å²) in [4.78, 5) is 7.79. The summed E-state index contributed by atoms with van der Waals surface area (Å²) in [6.07, 6.45) is 0.551. The third-order valence-electron chi connectivity index (χ3n) is 3.28. The highest BCUT2D eigenvalue weighted by atomic mass is 16.5. The minimum absolute atomic E-state index is 0.104. The van der Waals surface area contributed by atoms with E-state index in [1.165, 1.54) is 0 Å². The number of aryl methyl sites for hydroxylation is 3. The molecule has 0 fully saturated rings. The van der Waals surface area contributed by atoms with Crippen LogP contribution >= 0.6 is 0 Å². The molecule has 1 aromatic carbocycles. The fraction of sp³-hybridized carbons (Fsp3) is 0.400. The maximum absolute atomic E-state index is 8.98. The van der Waals surface area contributed by atoms with Gasteiger partial charge < -0.3 is 14.8 Å². The van der Waals surface area contributed by atoms with Crippen LogP contribution in [0.2, 0.25) is 0 Å². The number of aromatic nitrogens is 2. The van der Waals surface area contributed by atoms with E-state index >= 15 is 0 Å². The molecule has 0 saturated carbocycles. The van der Waals surface area contributed by atoms with Gasteiger partial charge in [0, 0.05) is 17.7 Å². The van der Waals surface area contributed by atoms with Crippen LogP contribution in [0.1, 0.15) is 22.6 Å². The molecule has 0 aliphatic carbocycles. The molecule has 0 aliphatic rings. The number of methoxy groups -OCH3 is 1. The molecule has 2 rings (SSSR count). The summed E-state index contributed by atoms with van der Waals surface area (Å²) in [7, 11) is 1.68. The molecule has 1 heterocycles. The Morgan fingerprint density at radius 1 is 1.21 bits per heavy atom. The van der Waals surface area contributed by atoms with E-state index in [1.54, 1.807) is 7.11 Å². The predicted octanol–water partition coefficient (Wildman–Crippen LogP) is 2.55. The highest BCUT2D eigenvalue weighted by Gasteiger charge is 2.13. The van der Waals surface area contributed by atoms with E-state index in [1.807, 2.05) is 19.9 Å². The lowest BCUT2D eigenvalue weighted by Gasteiger charge is -2.10. The molecule has 0 aliphatic heterocycles. The Bertz CT molecular complexity index is 588. The number of aliphatic hydroxyl groups excluding tert-OH is 1. The van der Waals surface area contributed by atoms with Crippen LogP contribution in [0, 0.1) is 20.8 Å². The molecule has 102 valence electrons. The molecule has 0 amide bonds. The Hall–Kier alpha value is -1.81. The monoisotopic (exact) mass is 260 g/mol. The second-order valence-corrected chi connectivity index (χ2v) is 4.77. The molecular formula is C15H20N2O2. The van der Waals surface area contributed by atoms with Gasteiger partial charge in [0.05, 0.1) is 19.4 Å². The summed E-state index contributed by atoms with van der Waals surface area (Å²) < 4.78 is 5.33. The van der Waals surface area contributed by atoms with Gasteiger partial charge in [0.25, 0.3) is 0 Å². The van der Waals surface area contributed by atoms with Gasteiger partial charge in [-0.15, -0.1) is 0 Å². The van der Waals surface area contributed by atoms with Crippen molar-refractivity contribution in [2.45, 2.75) is 27.2 Å². The van der Waals surface area contributed by atoms with Crippen LogP contribution in [0.4, 0.5) is 0 Å². The fourth-order valence-electron chi connectivity index (χ4n) is 2.27. The molecule has 0 spiro atoms. The average Bonchev–Trinajstić information content (AvgIpc) is 2.73. The number of H-pyrrole nitrogens is 1. The number of imidazole rings is 1. The highest BCUT2D eigenvalue weighted by molar-refractivity contribution is 5.68. The van der Waals surface area contributed by atoms with Gasteiger partial charge in [0.2, 0.25) is 0 Å². The van der Waals surface area contributed by atoms with Crippen molar-refractivity contribution in [3.8, 4) is 17.0 Å². The van der Waals surface area contributed by atoms with Gasteiger partial charge >= 0.3 is 0 Å². The third-order valence-corrected chi connectivity index (χ3v) is 3.28. The van der Waals surface area contributed by atoms with Crippen LogP contribution in [0.3, 0.4) is 0 Å². The minimum atomic E-state index is 0.104. The lowest BCUT2D eigenvalue weighted by molar-refractivity contribution is 0.297. The van der Waals surface area contributed by atoms with Crippen molar-refractivity contribution < 1.29 is 9.84 Å². The average molecular weight is 260 g/mol. The summed E-state index contributed by atoms with van der Waals surface area (Å²) in [5.41, 5.74) is 5.31. The molecule has 4 nitrogen and oxygen atoms in total. The van der Waals surface area contributed by atoms with Crippen LogP contribution in [0.5, 0.6) is 5.75 Å². The zero-order chi connectivity index (χ0) is 14.0. The summed E-state index contributed by atoms with van der Waals surface area (Å²) in [6, 6.07) is 4.13. The van der Waals surface area contributed by atoms with Crippen LogP contribution in [0.15, 0.2) is 12.1 Å². The number of nitrogens with zero attached hydrogens (tertiary/aromatic N) is 1. The van der Waals surface area contributed by atoms with E-state index < -0.39 is 0 Å². The van der Waals surface area contributed by atoms with Crippen molar-refractivity contribution in [2.75, 3.05) is 13.7 Å². The molecular weight excluding hydrogens is 240 g/mol. The first-order valence-electron chi connectivity index (χ1n) is 6.38. The first-order valence-corrected chi connectivity index (χ1v) is 6.38. The number of benzene rings is 1. The zero-order valence-corrected chi connectivity index (χ0v) is 11.9. The first kappa shape index (κ1) is 13.6. The number of rotatable bonds is 4. The van der Waals surface area contributed by atoms with Crippen LogP contribution < -0.4 is 4.74 Å². The van der Waals surface area contributed by atoms with Crippen LogP contribution in [0.25, 0.3) is 11.3 Å². The normalized spacial score (nSPS) is 10.8. The number of ether oxygens (including phenoxy) is 1. The van der Waals surface area contributed by atoms with Crippen molar-refractivity contribution in [3.05, 3.63) is 34.8 Å². The molecule has 0 radical (unpaired) electrons. The van der Waals surface area contributed by atoms with Crippen molar-refractivity contribution >= 4 is 0 Å². The van der Waals surface area contributed by atoms with E-state index in [-0.39, 0.29) is 6.61 Å². The van der Waals surface area contributed by atoms with Gasteiger partial charge in [-0.3, -0.25) is 0 Å². The fourth-order valence-corrected chi connectivity index (χ4v) is 2.27. The van der Waals surface area contributed by atoms with Crippen molar-refractivity contribution in [2.24, 2.45) is 0 Å². The summed E-state index contributed by atoms with van der Waals surface area (Å²) in [6.45, 7) is 6.19. The Morgan fingerprint density at radius 3 is 2.58 bits per heavy atom. The minimum Gasteiger partial charge on any atom is -0.496 e. The lowest BCUT2D eigenvalue weighted by Crippen LogP contribution is -1.94. The van der Waals surface area contributed by atoms with E-state index in [2.05, 4.69) is 23.0 Å². The van der Waals surface area contributed by atoms with Gasteiger partial charge in [0.1, 0.15) is 11.6 Å². The molecule has 2 aromatic rings. The van der Waals surface area contributed by atoms with Gasteiger partial charge in [-0.1, -0.05) is 0 Å². The van der Waals surface area contributed by atoms with Gasteiger partial charge in [-0.05, 0) is 44.0 Å². The number of aromatic amines is 1. The molecule has 0 saturated heterocycles. The molecule has 1 aromatic heterocycles. The van der Waals surface area contributed by atoms with Crippen molar-refractivity contribution in [3.63, 3.8) is 0 Å². The van der Waals surface area contributed by atoms with E-state index in [0.29, 0.717) is 6.42 Å². The molecule has 0 unspecified atom stereocenters. The second kappa shape index (κ2) is 5.45.